The molecule has 35 heavy (non-hydrogen) atoms. The number of nitriles is 1. The van der Waals surface area contributed by atoms with E-state index in [2.05, 4.69) is 4.98 Å². The summed E-state index contributed by atoms with van der Waals surface area (Å²) in [7, 11) is -3.73. The fourth-order valence-electron chi connectivity index (χ4n) is 5.07. The van der Waals surface area contributed by atoms with Gasteiger partial charge in [-0.3, -0.25) is 0 Å². The minimum atomic E-state index is -3.73. The summed E-state index contributed by atoms with van der Waals surface area (Å²) in [6, 6.07) is 11.9. The van der Waals surface area contributed by atoms with Crippen LogP contribution < -0.4 is 0 Å². The summed E-state index contributed by atoms with van der Waals surface area (Å²) in [6.45, 7) is 4.00. The summed E-state index contributed by atoms with van der Waals surface area (Å²) in [4.78, 5) is 17.0. The number of carbonyl (C=O) groups excluding carboxylic acids is 1. The van der Waals surface area contributed by atoms with Gasteiger partial charge in [0.15, 0.2) is 20.5 Å². The van der Waals surface area contributed by atoms with Crippen molar-refractivity contribution < 1.29 is 23.1 Å². The lowest BCUT2D eigenvalue weighted by Gasteiger charge is -2.27. The maximum atomic E-state index is 13.1. The molecule has 0 amide bonds. The number of nitrogens with zero attached hydrogens (tertiary/aromatic N) is 2. The molecule has 184 valence electrons. The van der Waals surface area contributed by atoms with Gasteiger partial charge in [0.2, 0.25) is 0 Å². The van der Waals surface area contributed by atoms with E-state index in [1.54, 1.807) is 18.2 Å². The Hall–Kier alpha value is -3.18. The van der Waals surface area contributed by atoms with Gasteiger partial charge in [0.05, 0.1) is 16.9 Å². The fourth-order valence-corrected chi connectivity index (χ4v) is 6.33. The van der Waals surface area contributed by atoms with Crippen molar-refractivity contribution in [2.45, 2.75) is 74.7 Å². The zero-order valence-electron chi connectivity index (χ0n) is 20.0. The number of pyridine rings is 1. The molecule has 7 nitrogen and oxygen atoms in total. The van der Waals surface area contributed by atoms with Gasteiger partial charge in [-0.05, 0) is 54.9 Å². The summed E-state index contributed by atoms with van der Waals surface area (Å²) < 4.78 is 31.7. The average Bonchev–Trinajstić information content (AvgIpc) is 3.63. The molecular formula is C27H30N2O5S. The Balaban J connectivity index is 1.68. The van der Waals surface area contributed by atoms with Crippen molar-refractivity contribution in [2.75, 3.05) is 0 Å². The predicted octanol–water partition coefficient (Wildman–Crippen LogP) is 5.13. The summed E-state index contributed by atoms with van der Waals surface area (Å²) in [5.41, 5.74) is 1.01. The third-order valence-corrected chi connectivity index (χ3v) is 8.35. The first-order valence-electron chi connectivity index (χ1n) is 12.1. The van der Waals surface area contributed by atoms with E-state index in [1.165, 1.54) is 18.3 Å². The molecule has 1 saturated carbocycles. The maximum absolute atomic E-state index is 13.1. The number of cyclic esters (lactones) is 1. The molecule has 8 heteroatoms. The highest BCUT2D eigenvalue weighted by atomic mass is 32.2. The van der Waals surface area contributed by atoms with Gasteiger partial charge in [0.1, 0.15) is 11.8 Å². The SMILES string of the molecule is CCCC1(CCC)OC(=O)C(C(c2cccc(CS(=O)(=O)c3ccc(C#N)cn3)c2)C2CC2)=C1O. The number of carbonyl (C=O) groups is 1. The van der Waals surface area contributed by atoms with Crippen LogP contribution in [0.4, 0.5) is 0 Å². The Morgan fingerprint density at radius 3 is 2.49 bits per heavy atom. The van der Waals surface area contributed by atoms with Crippen molar-refractivity contribution in [3.63, 3.8) is 0 Å². The number of ether oxygens (including phenoxy) is 1. The molecule has 1 N–H and O–H groups in total. The molecule has 1 aliphatic carbocycles. The molecule has 0 radical (unpaired) electrons. The lowest BCUT2D eigenvalue weighted by atomic mass is 9.82. The van der Waals surface area contributed by atoms with Gasteiger partial charge < -0.3 is 9.84 Å². The third-order valence-electron chi connectivity index (χ3n) is 6.76. The molecule has 1 atom stereocenters. The van der Waals surface area contributed by atoms with E-state index in [0.29, 0.717) is 24.0 Å². The van der Waals surface area contributed by atoms with Gasteiger partial charge in [-0.2, -0.15) is 5.26 Å². The van der Waals surface area contributed by atoms with Crippen LogP contribution in [0, 0.1) is 17.2 Å². The van der Waals surface area contributed by atoms with Crippen LogP contribution in [0.15, 0.2) is 59.0 Å². The molecule has 2 aliphatic rings. The van der Waals surface area contributed by atoms with E-state index >= 15 is 0 Å². The first-order chi connectivity index (χ1) is 16.7. The van der Waals surface area contributed by atoms with Gasteiger partial charge in [-0.25, -0.2) is 18.2 Å². The molecule has 1 aromatic heterocycles. The Labute approximate surface area is 206 Å². The van der Waals surface area contributed by atoms with Crippen LogP contribution >= 0.6 is 0 Å². The first-order valence-corrected chi connectivity index (χ1v) is 13.7. The largest absolute Gasteiger partial charge is 0.507 e. The second kappa shape index (κ2) is 9.82. The Bertz CT molecular complexity index is 1280. The van der Waals surface area contributed by atoms with Crippen LogP contribution in [0.2, 0.25) is 0 Å². The van der Waals surface area contributed by atoms with Crippen LogP contribution in [-0.4, -0.2) is 30.1 Å². The zero-order valence-corrected chi connectivity index (χ0v) is 20.8. The number of rotatable bonds is 10. The van der Waals surface area contributed by atoms with E-state index in [1.807, 2.05) is 26.0 Å². The van der Waals surface area contributed by atoms with E-state index < -0.39 is 21.4 Å². The van der Waals surface area contributed by atoms with Crippen molar-refractivity contribution in [1.82, 2.24) is 4.98 Å². The van der Waals surface area contributed by atoms with Crippen LogP contribution in [0.1, 0.15) is 75.0 Å². The molecule has 0 bridgehead atoms. The standard InChI is InChI=1S/C27H30N2O5S/c1-3-12-27(13-4-2)25(30)24(26(31)34-27)23(20-9-10-20)21-7-5-6-18(14-21)17-35(32,33)22-11-8-19(15-28)16-29-22/h5-8,11,14,16,20,23,30H,3-4,9-10,12-13,17H2,1-2H3. The van der Waals surface area contributed by atoms with Crippen molar-refractivity contribution in [1.29, 1.82) is 5.26 Å². The topological polar surface area (TPSA) is 117 Å². The maximum Gasteiger partial charge on any atom is 0.339 e. The molecule has 1 fully saturated rings. The number of hydrogen-bond acceptors (Lipinski definition) is 7. The van der Waals surface area contributed by atoms with E-state index in [4.69, 9.17) is 10.00 Å². The lowest BCUT2D eigenvalue weighted by molar-refractivity contribution is -0.149. The zero-order chi connectivity index (χ0) is 25.2. The minimum absolute atomic E-state index is 0.0444. The Morgan fingerprint density at radius 1 is 1.20 bits per heavy atom. The van der Waals surface area contributed by atoms with Crippen molar-refractivity contribution in [2.24, 2.45) is 5.92 Å². The van der Waals surface area contributed by atoms with Crippen molar-refractivity contribution in [3.8, 4) is 6.07 Å². The summed E-state index contributed by atoms with van der Waals surface area (Å²) >= 11 is 0. The fraction of sp³-hybridized carbons (Fsp3) is 0.444. The van der Waals surface area contributed by atoms with Crippen LogP contribution in [-0.2, 0) is 25.1 Å². The van der Waals surface area contributed by atoms with E-state index in [-0.39, 0.29) is 33.9 Å². The number of esters is 1. The number of sulfone groups is 1. The third kappa shape index (κ3) is 4.96. The number of aliphatic hydroxyl groups is 1. The molecule has 2 heterocycles. The minimum Gasteiger partial charge on any atom is -0.507 e. The van der Waals surface area contributed by atoms with Crippen molar-refractivity contribution >= 4 is 15.8 Å². The van der Waals surface area contributed by atoms with Gasteiger partial charge >= 0.3 is 5.97 Å². The average molecular weight is 495 g/mol. The highest BCUT2D eigenvalue weighted by Crippen LogP contribution is 2.52. The number of hydrogen-bond donors (Lipinski definition) is 1. The number of benzene rings is 1. The second-order valence-electron chi connectivity index (χ2n) is 9.46. The summed E-state index contributed by atoms with van der Waals surface area (Å²) in [5.74, 6) is -0.828. The van der Waals surface area contributed by atoms with E-state index in [9.17, 15) is 18.3 Å². The number of aromatic nitrogens is 1. The highest BCUT2D eigenvalue weighted by Gasteiger charge is 2.51. The van der Waals surface area contributed by atoms with Gasteiger partial charge in [0.25, 0.3) is 0 Å². The summed E-state index contributed by atoms with van der Waals surface area (Å²) in [5, 5.41) is 20.1. The predicted molar refractivity (Wildman–Crippen MR) is 130 cm³/mol. The second-order valence-corrected chi connectivity index (χ2v) is 11.4. The molecule has 2 aromatic rings. The monoisotopic (exact) mass is 494 g/mol. The molecule has 0 spiro atoms. The number of aliphatic hydroxyl groups excluding tert-OH is 1. The molecule has 1 aliphatic heterocycles. The van der Waals surface area contributed by atoms with Gasteiger partial charge in [-0.1, -0.05) is 51.0 Å². The molecule has 4 rings (SSSR count). The van der Waals surface area contributed by atoms with Gasteiger partial charge in [-0.15, -0.1) is 0 Å². The summed E-state index contributed by atoms with van der Waals surface area (Å²) in [6.07, 6.45) is 5.78. The smallest absolute Gasteiger partial charge is 0.339 e. The van der Waals surface area contributed by atoms with E-state index in [0.717, 1.165) is 31.2 Å². The normalized spacial score (nSPS) is 18.3. The quantitative estimate of drug-likeness (QED) is 0.455. The Morgan fingerprint density at radius 2 is 1.91 bits per heavy atom. The Kier molecular flexibility index (Phi) is 7.00. The van der Waals surface area contributed by atoms with Crippen LogP contribution in [0.25, 0.3) is 0 Å². The molecule has 0 saturated heterocycles. The first kappa shape index (κ1) is 24.9. The lowest BCUT2D eigenvalue weighted by Crippen LogP contribution is -2.31. The van der Waals surface area contributed by atoms with Crippen LogP contribution in [0.3, 0.4) is 0 Å². The molecular weight excluding hydrogens is 464 g/mol. The van der Waals surface area contributed by atoms with Crippen molar-refractivity contribution in [3.05, 3.63) is 70.6 Å². The molecule has 1 aromatic carbocycles. The van der Waals surface area contributed by atoms with Crippen LogP contribution in [0.5, 0.6) is 0 Å². The molecule has 1 unspecified atom stereocenters. The highest BCUT2D eigenvalue weighted by molar-refractivity contribution is 7.90. The van der Waals surface area contributed by atoms with Gasteiger partial charge in [0, 0.05) is 12.1 Å².